The molecule has 1 N–H and O–H groups in total. The molecule has 7 nitrogen and oxygen atoms in total. The standard InChI is InChI=1S/C20H19N3O4/c1-11-5-4-8-23-18(11)22-20(25)17-13(10-16(24)21-19(17)23)12-6-7-14(26-2)15(9-12)27-3/h4-9,13H,10H2,1-3H3,(H,21,24)/t13-/m0/s1. The number of ether oxygens (including phenoxy) is 2. The van der Waals surface area contributed by atoms with Crippen LogP contribution in [0.5, 0.6) is 11.5 Å². The van der Waals surface area contributed by atoms with Gasteiger partial charge >= 0.3 is 0 Å². The lowest BCUT2D eigenvalue weighted by molar-refractivity contribution is -0.116. The van der Waals surface area contributed by atoms with Crippen LogP contribution in [-0.2, 0) is 4.79 Å². The highest BCUT2D eigenvalue weighted by Crippen LogP contribution is 2.38. The molecule has 0 bridgehead atoms. The Labute approximate surface area is 155 Å². The fourth-order valence-corrected chi connectivity index (χ4v) is 3.58. The predicted molar refractivity (Wildman–Crippen MR) is 101 cm³/mol. The van der Waals surface area contributed by atoms with Crippen molar-refractivity contribution < 1.29 is 14.3 Å². The van der Waals surface area contributed by atoms with Crippen LogP contribution in [0.1, 0.15) is 29.0 Å². The van der Waals surface area contributed by atoms with Gasteiger partial charge in [0.15, 0.2) is 11.5 Å². The highest BCUT2D eigenvalue weighted by molar-refractivity contribution is 5.94. The normalized spacial score (nSPS) is 16.0. The third-order valence-electron chi connectivity index (χ3n) is 4.90. The highest BCUT2D eigenvalue weighted by atomic mass is 16.5. The summed E-state index contributed by atoms with van der Waals surface area (Å²) in [6, 6.07) is 9.16. The molecular weight excluding hydrogens is 346 g/mol. The summed E-state index contributed by atoms with van der Waals surface area (Å²) < 4.78 is 12.4. The van der Waals surface area contributed by atoms with Gasteiger partial charge in [0.1, 0.15) is 11.5 Å². The molecule has 0 radical (unpaired) electrons. The zero-order valence-electron chi connectivity index (χ0n) is 15.3. The maximum absolute atomic E-state index is 12.9. The Bertz CT molecular complexity index is 1120. The number of hydrogen-bond acceptors (Lipinski definition) is 5. The molecule has 0 unspecified atom stereocenters. The van der Waals surface area contributed by atoms with E-state index in [-0.39, 0.29) is 17.9 Å². The molecule has 0 saturated heterocycles. The third-order valence-corrected chi connectivity index (χ3v) is 4.90. The largest absolute Gasteiger partial charge is 0.493 e. The summed E-state index contributed by atoms with van der Waals surface area (Å²) in [5, 5.41) is 2.85. The van der Waals surface area contributed by atoms with Crippen molar-refractivity contribution in [3.63, 3.8) is 0 Å². The topological polar surface area (TPSA) is 81.9 Å². The Morgan fingerprint density at radius 3 is 2.67 bits per heavy atom. The Kier molecular flexibility index (Phi) is 4.07. The van der Waals surface area contributed by atoms with Crippen molar-refractivity contribution in [1.29, 1.82) is 0 Å². The summed E-state index contributed by atoms with van der Waals surface area (Å²) >= 11 is 0. The average molecular weight is 365 g/mol. The number of amides is 1. The molecule has 1 amide bonds. The van der Waals surface area contributed by atoms with Crippen LogP contribution in [0.25, 0.3) is 5.65 Å². The van der Waals surface area contributed by atoms with Gasteiger partial charge in [-0.25, -0.2) is 0 Å². The van der Waals surface area contributed by atoms with Crippen LogP contribution in [0, 0.1) is 6.92 Å². The molecule has 0 fully saturated rings. The lowest BCUT2D eigenvalue weighted by Crippen LogP contribution is -2.32. The number of methoxy groups -OCH3 is 2. The van der Waals surface area contributed by atoms with Gasteiger partial charge in [0, 0.05) is 18.5 Å². The predicted octanol–water partition coefficient (Wildman–Crippen LogP) is 2.49. The van der Waals surface area contributed by atoms with E-state index in [2.05, 4.69) is 10.3 Å². The van der Waals surface area contributed by atoms with E-state index in [9.17, 15) is 9.59 Å². The van der Waals surface area contributed by atoms with Crippen molar-refractivity contribution in [2.24, 2.45) is 0 Å². The monoisotopic (exact) mass is 365 g/mol. The maximum atomic E-state index is 12.9. The molecule has 3 aromatic rings. The summed E-state index contributed by atoms with van der Waals surface area (Å²) in [7, 11) is 3.11. The van der Waals surface area contributed by atoms with Crippen molar-refractivity contribution in [3.8, 4) is 11.5 Å². The lowest BCUT2D eigenvalue weighted by atomic mass is 9.86. The third kappa shape index (κ3) is 2.71. The van der Waals surface area contributed by atoms with Crippen molar-refractivity contribution in [2.75, 3.05) is 19.5 Å². The van der Waals surface area contributed by atoms with Crippen molar-refractivity contribution in [1.82, 2.24) is 9.38 Å². The molecule has 1 aliphatic heterocycles. The number of nitrogens with zero attached hydrogens (tertiary/aromatic N) is 2. The van der Waals surface area contributed by atoms with Crippen LogP contribution in [0.15, 0.2) is 41.3 Å². The molecular formula is C20H19N3O4. The minimum Gasteiger partial charge on any atom is -0.493 e. The second-order valence-corrected chi connectivity index (χ2v) is 6.48. The molecule has 7 heteroatoms. The quantitative estimate of drug-likeness (QED) is 0.771. The van der Waals surface area contributed by atoms with E-state index in [1.807, 2.05) is 25.1 Å². The van der Waals surface area contributed by atoms with Crippen LogP contribution < -0.4 is 20.3 Å². The summed E-state index contributed by atoms with van der Waals surface area (Å²) in [6.07, 6.45) is 1.96. The number of aromatic nitrogens is 2. The number of carbonyl (C=O) groups is 1. The first-order valence-electron chi connectivity index (χ1n) is 8.57. The van der Waals surface area contributed by atoms with Gasteiger partial charge in [0.05, 0.1) is 19.8 Å². The number of nitrogens with one attached hydrogen (secondary N) is 1. The number of fused-ring (bicyclic) bond motifs is 3. The van der Waals surface area contributed by atoms with Gasteiger partial charge < -0.3 is 14.8 Å². The first-order valence-corrected chi connectivity index (χ1v) is 8.57. The number of hydrogen-bond donors (Lipinski definition) is 1. The summed E-state index contributed by atoms with van der Waals surface area (Å²) in [6.45, 7) is 1.88. The zero-order valence-corrected chi connectivity index (χ0v) is 15.3. The van der Waals surface area contributed by atoms with E-state index in [1.54, 1.807) is 36.9 Å². The Morgan fingerprint density at radius 1 is 1.15 bits per heavy atom. The number of anilines is 1. The first-order chi connectivity index (χ1) is 13.0. The number of carbonyl (C=O) groups excluding carboxylic acids is 1. The van der Waals surface area contributed by atoms with Crippen molar-refractivity contribution in [2.45, 2.75) is 19.3 Å². The molecule has 2 aromatic heterocycles. The van der Waals surface area contributed by atoms with Gasteiger partial charge in [-0.2, -0.15) is 4.98 Å². The van der Waals surface area contributed by atoms with Crippen LogP contribution >= 0.6 is 0 Å². The van der Waals surface area contributed by atoms with Crippen LogP contribution in [0.2, 0.25) is 0 Å². The van der Waals surface area contributed by atoms with Gasteiger partial charge in [-0.05, 0) is 36.2 Å². The molecule has 0 aliphatic carbocycles. The van der Waals surface area contributed by atoms with Crippen LogP contribution in [-0.4, -0.2) is 29.5 Å². The molecule has 4 rings (SSSR count). The van der Waals surface area contributed by atoms with Crippen molar-refractivity contribution >= 4 is 17.4 Å². The fourth-order valence-electron chi connectivity index (χ4n) is 3.58. The molecule has 138 valence electrons. The minimum atomic E-state index is -0.411. The SMILES string of the molecule is COc1ccc([C@@H]2CC(=O)Nc3c2c(=O)nc2c(C)cccn32)cc1OC. The number of pyridine rings is 1. The Morgan fingerprint density at radius 2 is 1.93 bits per heavy atom. The number of benzene rings is 1. The summed E-state index contributed by atoms with van der Waals surface area (Å²) in [4.78, 5) is 29.6. The first kappa shape index (κ1) is 17.1. The van der Waals surface area contributed by atoms with Crippen molar-refractivity contribution in [3.05, 3.63) is 63.6 Å². The zero-order chi connectivity index (χ0) is 19.1. The molecule has 0 spiro atoms. The number of aryl methyl sites for hydroxylation is 1. The van der Waals surface area contributed by atoms with Gasteiger partial charge in [0.25, 0.3) is 5.56 Å². The van der Waals surface area contributed by atoms with Crippen LogP contribution in [0.3, 0.4) is 0 Å². The van der Waals surface area contributed by atoms with Gasteiger partial charge in [-0.1, -0.05) is 12.1 Å². The number of rotatable bonds is 3. The highest BCUT2D eigenvalue weighted by Gasteiger charge is 2.32. The minimum absolute atomic E-state index is 0.150. The van der Waals surface area contributed by atoms with E-state index in [1.165, 1.54) is 0 Å². The van der Waals surface area contributed by atoms with E-state index < -0.39 is 5.92 Å². The van der Waals surface area contributed by atoms with Crippen LogP contribution in [0.4, 0.5) is 5.82 Å². The summed E-state index contributed by atoms with van der Waals surface area (Å²) in [5.74, 6) is 1.05. The summed E-state index contributed by atoms with van der Waals surface area (Å²) in [5.41, 5.74) is 2.34. The second-order valence-electron chi connectivity index (χ2n) is 6.48. The molecule has 1 aliphatic rings. The smallest absolute Gasteiger partial charge is 0.279 e. The van der Waals surface area contributed by atoms with Gasteiger partial charge in [-0.3, -0.25) is 14.0 Å². The van der Waals surface area contributed by atoms with E-state index in [0.29, 0.717) is 28.5 Å². The Hall–Kier alpha value is -3.35. The van der Waals surface area contributed by atoms with E-state index in [0.717, 1.165) is 11.1 Å². The maximum Gasteiger partial charge on any atom is 0.279 e. The molecule has 3 heterocycles. The van der Waals surface area contributed by atoms with E-state index >= 15 is 0 Å². The molecule has 27 heavy (non-hydrogen) atoms. The molecule has 0 saturated carbocycles. The lowest BCUT2D eigenvalue weighted by Gasteiger charge is -2.26. The van der Waals surface area contributed by atoms with Gasteiger partial charge in [0.2, 0.25) is 5.91 Å². The molecule has 1 aromatic carbocycles. The van der Waals surface area contributed by atoms with Gasteiger partial charge in [-0.15, -0.1) is 0 Å². The molecule has 1 atom stereocenters. The Balaban J connectivity index is 1.97. The van der Waals surface area contributed by atoms with E-state index in [4.69, 9.17) is 9.47 Å². The average Bonchev–Trinajstić information content (AvgIpc) is 2.67. The fraction of sp³-hybridized carbons (Fsp3) is 0.250. The second kappa shape index (κ2) is 6.42.